The van der Waals surface area contributed by atoms with Gasteiger partial charge in [0.2, 0.25) is 5.03 Å². The van der Waals surface area contributed by atoms with Crippen LogP contribution >= 0.6 is 0 Å². The van der Waals surface area contributed by atoms with Gasteiger partial charge in [-0.15, -0.1) is 0 Å². The molecule has 0 radical (unpaired) electrons. The quantitative estimate of drug-likeness (QED) is 0.403. The van der Waals surface area contributed by atoms with E-state index in [2.05, 4.69) is 10.00 Å². The number of hydrogen-bond donors (Lipinski definition) is 0. The van der Waals surface area contributed by atoms with E-state index in [1.807, 2.05) is 75.4 Å². The molecule has 0 atom stereocenters. The topological polar surface area (TPSA) is 88.0 Å². The van der Waals surface area contributed by atoms with Crippen LogP contribution in [0.1, 0.15) is 36.7 Å². The molecule has 0 N–H and O–H groups in total. The number of rotatable bonds is 10. The number of aryl methyl sites for hydroxylation is 1. The third kappa shape index (κ3) is 5.80. The van der Waals surface area contributed by atoms with E-state index in [-0.39, 0.29) is 29.6 Å². The Kier molecular flexibility index (Phi) is 8.50. The van der Waals surface area contributed by atoms with Gasteiger partial charge in [-0.05, 0) is 38.5 Å². The highest BCUT2D eigenvalue weighted by atomic mass is 32.2. The molecule has 9 nitrogen and oxygen atoms in total. The van der Waals surface area contributed by atoms with Crippen molar-refractivity contribution < 1.29 is 17.9 Å². The lowest BCUT2D eigenvalue weighted by Crippen LogP contribution is -2.49. The zero-order valence-electron chi connectivity index (χ0n) is 21.7. The number of para-hydroxylation sites is 2. The van der Waals surface area contributed by atoms with Gasteiger partial charge in [-0.1, -0.05) is 42.5 Å². The molecule has 1 aliphatic rings. The molecule has 2 aromatic carbocycles. The first-order valence-electron chi connectivity index (χ1n) is 12.8. The summed E-state index contributed by atoms with van der Waals surface area (Å²) in [6.07, 6.45) is 1.55. The van der Waals surface area contributed by atoms with Gasteiger partial charge in [0.1, 0.15) is 5.75 Å². The van der Waals surface area contributed by atoms with Gasteiger partial charge in [0.15, 0.2) is 0 Å². The third-order valence-electron chi connectivity index (χ3n) is 6.50. The number of carbonyl (C=O) groups excluding carboxylic acids is 1. The second kappa shape index (κ2) is 11.8. The van der Waals surface area contributed by atoms with Gasteiger partial charge < -0.3 is 14.5 Å². The molecule has 4 rings (SSSR count). The Morgan fingerprint density at radius 3 is 2.30 bits per heavy atom. The molecule has 37 heavy (non-hydrogen) atoms. The van der Waals surface area contributed by atoms with Crippen molar-refractivity contribution in [3.8, 4) is 5.75 Å². The first kappa shape index (κ1) is 26.7. The van der Waals surface area contributed by atoms with E-state index in [9.17, 15) is 13.2 Å². The summed E-state index contributed by atoms with van der Waals surface area (Å²) < 4.78 is 36.2. The summed E-state index contributed by atoms with van der Waals surface area (Å²) in [6.45, 7) is 9.15. The molecule has 1 amide bonds. The maximum atomic E-state index is 13.8. The minimum absolute atomic E-state index is 0.115. The largest absolute Gasteiger partial charge is 0.492 e. The summed E-state index contributed by atoms with van der Waals surface area (Å²) in [5.41, 5.74) is 2.05. The minimum Gasteiger partial charge on any atom is -0.492 e. The van der Waals surface area contributed by atoms with Crippen molar-refractivity contribution in [3.05, 3.63) is 71.9 Å². The number of piperazine rings is 1. The second-order valence-electron chi connectivity index (χ2n) is 8.80. The molecule has 0 bridgehead atoms. The molecule has 0 unspecified atom stereocenters. The molecule has 1 saturated heterocycles. The van der Waals surface area contributed by atoms with Gasteiger partial charge >= 0.3 is 0 Å². The van der Waals surface area contributed by atoms with E-state index in [4.69, 9.17) is 4.74 Å². The molecule has 198 valence electrons. The third-order valence-corrected chi connectivity index (χ3v) is 8.33. The predicted molar refractivity (Wildman–Crippen MR) is 143 cm³/mol. The molecule has 0 spiro atoms. The summed E-state index contributed by atoms with van der Waals surface area (Å²) in [4.78, 5) is 17.3. The fraction of sp³-hybridized carbons (Fsp3) is 0.407. The van der Waals surface area contributed by atoms with E-state index >= 15 is 0 Å². The lowest BCUT2D eigenvalue weighted by atomic mass is 10.2. The van der Waals surface area contributed by atoms with Crippen LogP contribution in [0, 0.1) is 0 Å². The van der Waals surface area contributed by atoms with Crippen molar-refractivity contribution >= 4 is 21.6 Å². The Hall–Kier alpha value is -3.37. The first-order valence-corrected chi connectivity index (χ1v) is 14.2. The summed E-state index contributed by atoms with van der Waals surface area (Å²) in [7, 11) is -3.97. The van der Waals surface area contributed by atoms with Crippen molar-refractivity contribution in [2.75, 3.05) is 44.2 Å². The molecule has 0 aliphatic carbocycles. The van der Waals surface area contributed by atoms with Crippen LogP contribution in [0.2, 0.25) is 0 Å². The van der Waals surface area contributed by atoms with E-state index in [0.717, 1.165) is 17.0 Å². The average molecular weight is 526 g/mol. The van der Waals surface area contributed by atoms with Gasteiger partial charge in [0.25, 0.3) is 15.9 Å². The number of hydrogen-bond acceptors (Lipinski definition) is 6. The van der Waals surface area contributed by atoms with Crippen LogP contribution in [-0.4, -0.2) is 72.6 Å². The van der Waals surface area contributed by atoms with Crippen LogP contribution in [0.5, 0.6) is 5.75 Å². The number of aromatic nitrogens is 2. The highest BCUT2D eigenvalue weighted by Gasteiger charge is 2.36. The molecule has 1 aromatic heterocycles. The number of carbonyl (C=O) groups is 1. The zero-order valence-corrected chi connectivity index (χ0v) is 22.5. The van der Waals surface area contributed by atoms with Gasteiger partial charge in [-0.2, -0.15) is 9.40 Å². The molecule has 3 aromatic rings. The van der Waals surface area contributed by atoms with Gasteiger partial charge in [0, 0.05) is 52.0 Å². The van der Waals surface area contributed by atoms with Crippen LogP contribution in [0.25, 0.3) is 0 Å². The molecule has 1 aliphatic heterocycles. The van der Waals surface area contributed by atoms with Crippen LogP contribution < -0.4 is 9.64 Å². The lowest BCUT2D eigenvalue weighted by molar-refractivity contribution is 0.0748. The highest BCUT2D eigenvalue weighted by molar-refractivity contribution is 7.89. The maximum absolute atomic E-state index is 13.8. The number of nitrogens with zero attached hydrogens (tertiary/aromatic N) is 5. The molecule has 1 fully saturated rings. The van der Waals surface area contributed by atoms with Crippen molar-refractivity contribution in [3.63, 3.8) is 0 Å². The second-order valence-corrected chi connectivity index (χ2v) is 10.7. The maximum Gasteiger partial charge on any atom is 0.263 e. The lowest BCUT2D eigenvalue weighted by Gasteiger charge is -2.35. The van der Waals surface area contributed by atoms with Crippen LogP contribution in [0.4, 0.5) is 5.69 Å². The average Bonchev–Trinajstić information content (AvgIpc) is 3.38. The van der Waals surface area contributed by atoms with Crippen molar-refractivity contribution in [2.24, 2.45) is 0 Å². The fourth-order valence-corrected chi connectivity index (χ4v) is 6.01. The molecule has 0 saturated carbocycles. The Morgan fingerprint density at radius 1 is 0.973 bits per heavy atom. The number of anilines is 1. The highest BCUT2D eigenvalue weighted by Crippen LogP contribution is 2.30. The summed E-state index contributed by atoms with van der Waals surface area (Å²) in [5.74, 6) is 0.447. The number of ether oxygens (including phenoxy) is 1. The van der Waals surface area contributed by atoms with E-state index in [0.29, 0.717) is 39.3 Å². The fourth-order valence-electron chi connectivity index (χ4n) is 4.49. The zero-order chi connectivity index (χ0) is 26.4. The standard InChI is InChI=1S/C27H35N5O4S/c1-4-29(20-22-12-8-7-9-13-22)27(33)23-21-31(5-2)28-26(23)37(34,35)32-18-16-30(17-19-32)24-14-10-11-15-25(24)36-6-3/h7-15,21H,4-6,16-20H2,1-3H3. The van der Waals surface area contributed by atoms with Crippen LogP contribution in [-0.2, 0) is 23.1 Å². The van der Waals surface area contributed by atoms with Gasteiger partial charge in [0.05, 0.1) is 17.9 Å². The molecule has 2 heterocycles. The minimum atomic E-state index is -3.97. The SMILES string of the molecule is CCOc1ccccc1N1CCN(S(=O)(=O)c2nn(CC)cc2C(=O)N(CC)Cc2ccccc2)CC1. The normalized spacial score (nSPS) is 14.5. The van der Waals surface area contributed by atoms with Crippen LogP contribution in [0.15, 0.2) is 65.8 Å². The summed E-state index contributed by atoms with van der Waals surface area (Å²) in [6, 6.07) is 17.5. The predicted octanol–water partition coefficient (Wildman–Crippen LogP) is 3.47. The van der Waals surface area contributed by atoms with Crippen molar-refractivity contribution in [1.29, 1.82) is 0 Å². The molecular weight excluding hydrogens is 490 g/mol. The van der Waals surface area contributed by atoms with E-state index < -0.39 is 10.0 Å². The number of sulfonamides is 1. The molecular formula is C27H35N5O4S. The van der Waals surface area contributed by atoms with Crippen LogP contribution in [0.3, 0.4) is 0 Å². The van der Waals surface area contributed by atoms with Gasteiger partial charge in [-0.3, -0.25) is 9.48 Å². The van der Waals surface area contributed by atoms with E-state index in [1.165, 1.54) is 8.99 Å². The Labute approximate surface area is 219 Å². The van der Waals surface area contributed by atoms with Crippen molar-refractivity contribution in [1.82, 2.24) is 19.0 Å². The van der Waals surface area contributed by atoms with E-state index in [1.54, 1.807) is 11.1 Å². The Bertz CT molecular complexity index is 1300. The Balaban J connectivity index is 1.55. The summed E-state index contributed by atoms with van der Waals surface area (Å²) in [5, 5.41) is 4.17. The monoisotopic (exact) mass is 525 g/mol. The van der Waals surface area contributed by atoms with Crippen molar-refractivity contribution in [2.45, 2.75) is 38.9 Å². The molecule has 10 heteroatoms. The Morgan fingerprint density at radius 2 is 1.65 bits per heavy atom. The smallest absolute Gasteiger partial charge is 0.263 e. The number of amides is 1. The number of benzene rings is 2. The van der Waals surface area contributed by atoms with Gasteiger partial charge in [-0.25, -0.2) is 8.42 Å². The first-order chi connectivity index (χ1) is 17.9. The summed E-state index contributed by atoms with van der Waals surface area (Å²) >= 11 is 0.